The molecule has 0 bridgehead atoms. The first-order valence-corrected chi connectivity index (χ1v) is 4.21. The Kier molecular flexibility index (Phi) is 2.56. The van der Waals surface area contributed by atoms with Crippen LogP contribution in [0.2, 0.25) is 0 Å². The summed E-state index contributed by atoms with van der Waals surface area (Å²) in [6, 6.07) is 5.77. The van der Waals surface area contributed by atoms with Crippen molar-refractivity contribution in [1.82, 2.24) is 0 Å². The van der Waals surface area contributed by atoms with Crippen LogP contribution in [0.5, 0.6) is 5.75 Å². The summed E-state index contributed by atoms with van der Waals surface area (Å²) in [7, 11) is 0. The second-order valence-corrected chi connectivity index (χ2v) is 4.25. The minimum atomic E-state index is 0.165. The first kappa shape index (κ1) is 9.70. The number of benzene rings is 1. The fraction of sp³-hybridized carbons (Fsp3) is 0.400. The molecule has 0 amide bonds. The third kappa shape index (κ3) is 2.06. The number of phenolic OH excluding ortho intramolecular Hbond substituents is 1. The monoisotopic (exact) mass is 156 g/mol. The van der Waals surface area contributed by atoms with Crippen molar-refractivity contribution in [2.45, 2.75) is 26.2 Å². The molecule has 0 aromatic heterocycles. The van der Waals surface area contributed by atoms with Gasteiger partial charge in [-0.2, -0.15) is 0 Å². The van der Waals surface area contributed by atoms with Gasteiger partial charge in [-0.1, -0.05) is 0 Å². The molecule has 0 spiro atoms. The predicted molar refractivity (Wildman–Crippen MR) is 52.2 cm³/mol. The van der Waals surface area contributed by atoms with Gasteiger partial charge in [0.25, 0.3) is 0 Å². The van der Waals surface area contributed by atoms with Crippen LogP contribution in [0.3, 0.4) is 0 Å². The summed E-state index contributed by atoms with van der Waals surface area (Å²) >= 11 is 1.92. The third-order valence-electron chi connectivity index (χ3n) is 2.06. The molecule has 12 heavy (non-hydrogen) atoms. The first-order valence-electron chi connectivity index (χ1n) is 4.21. The molecule has 0 heterocycles. The van der Waals surface area contributed by atoms with Gasteiger partial charge >= 0.3 is 82.8 Å². The van der Waals surface area contributed by atoms with Crippen molar-refractivity contribution < 1.29 is 5.11 Å². The van der Waals surface area contributed by atoms with E-state index >= 15 is 0 Å². The average Bonchev–Trinajstić information content (AvgIpc) is 1.92. The molecule has 0 atom stereocenters. The predicted octanol–water partition coefficient (Wildman–Crippen LogP) is 1.48. The zero-order valence-electron chi connectivity index (χ0n) is 8.18. The van der Waals surface area contributed by atoms with Gasteiger partial charge in [-0.05, 0) is 0 Å². The number of phenols is 1. The summed E-state index contributed by atoms with van der Waals surface area (Å²) in [6.45, 7) is 6.50. The van der Waals surface area contributed by atoms with Crippen molar-refractivity contribution in [3.8, 4) is 5.75 Å². The maximum atomic E-state index is 9.31. The average molecular weight is 156 g/mol. The van der Waals surface area contributed by atoms with Crippen LogP contribution in [0.15, 0.2) is 18.2 Å². The molecule has 0 saturated heterocycles. The summed E-state index contributed by atoms with van der Waals surface area (Å²) in [6.07, 6.45) is 0. The van der Waals surface area contributed by atoms with E-state index in [4.69, 9.17) is 0 Å². The van der Waals surface area contributed by atoms with Gasteiger partial charge in [-0.25, -0.2) is 0 Å². The Morgan fingerprint density at radius 2 is 1.83 bits per heavy atom. The van der Waals surface area contributed by atoms with Crippen LogP contribution in [-0.2, 0) is 5.41 Å². The molecule has 1 N–H and O–H groups in total. The summed E-state index contributed by atoms with van der Waals surface area (Å²) < 4.78 is 0.947. The maximum absolute atomic E-state index is 9.31. The van der Waals surface area contributed by atoms with Crippen LogP contribution in [0.4, 0.5) is 0 Å². The van der Waals surface area contributed by atoms with Crippen LogP contribution < -0.4 is 4.24 Å². The molecule has 1 aromatic carbocycles. The summed E-state index contributed by atoms with van der Waals surface area (Å²) in [5, 5.41) is 9.31. The standard InChI is InChI=1S/C10H13O.Li/c1-10(2,3)8-4-6-9(11)7-5-8;/h4-6,11H,1-3H3;. The molecule has 0 aliphatic rings. The first-order chi connectivity index (χ1) is 5.41. The van der Waals surface area contributed by atoms with Crippen molar-refractivity contribution >= 4 is 22.0 Å². The Morgan fingerprint density at radius 1 is 1.25 bits per heavy atom. The molecule has 0 unspecified atom stereocenters. The van der Waals surface area contributed by atoms with E-state index in [1.54, 1.807) is 6.07 Å². The van der Waals surface area contributed by atoms with E-state index in [0.717, 1.165) is 4.24 Å². The number of rotatable bonds is 0. The molecular formula is C10H13LiO. The van der Waals surface area contributed by atoms with Crippen LogP contribution in [0.1, 0.15) is 26.3 Å². The van der Waals surface area contributed by atoms with Gasteiger partial charge in [0.05, 0.1) is 0 Å². The number of hydrogen-bond donors (Lipinski definition) is 1. The van der Waals surface area contributed by atoms with E-state index in [1.165, 1.54) is 5.56 Å². The van der Waals surface area contributed by atoms with Gasteiger partial charge in [0, 0.05) is 0 Å². The van der Waals surface area contributed by atoms with E-state index in [9.17, 15) is 5.11 Å². The fourth-order valence-electron chi connectivity index (χ4n) is 1.12. The Balaban J connectivity index is 3.14. The van der Waals surface area contributed by atoms with Crippen LogP contribution in [-0.4, -0.2) is 22.8 Å². The second-order valence-electron chi connectivity index (χ2n) is 4.25. The van der Waals surface area contributed by atoms with Gasteiger partial charge < -0.3 is 0 Å². The Bertz CT molecular complexity index is 286. The molecule has 2 heteroatoms. The zero-order valence-corrected chi connectivity index (χ0v) is 8.18. The molecular weight excluding hydrogens is 143 g/mol. The Hall–Kier alpha value is -0.383. The van der Waals surface area contributed by atoms with E-state index in [1.807, 2.05) is 29.8 Å². The van der Waals surface area contributed by atoms with Gasteiger partial charge in [0.15, 0.2) is 0 Å². The molecule has 0 aliphatic heterocycles. The molecule has 1 rings (SSSR count). The van der Waals surface area contributed by atoms with Crippen LogP contribution >= 0.6 is 0 Å². The minimum absolute atomic E-state index is 0.165. The van der Waals surface area contributed by atoms with Gasteiger partial charge in [-0.15, -0.1) is 0 Å². The van der Waals surface area contributed by atoms with Crippen molar-refractivity contribution in [3.63, 3.8) is 0 Å². The van der Waals surface area contributed by atoms with Crippen molar-refractivity contribution in [1.29, 1.82) is 0 Å². The molecule has 1 nitrogen and oxygen atoms in total. The number of aromatic hydroxyl groups is 1. The molecule has 0 aliphatic carbocycles. The Morgan fingerprint density at radius 3 is 2.25 bits per heavy atom. The zero-order chi connectivity index (χ0) is 9.35. The van der Waals surface area contributed by atoms with Crippen LogP contribution in [0, 0.1) is 0 Å². The summed E-state index contributed by atoms with van der Waals surface area (Å²) in [5.74, 6) is 0.378. The summed E-state index contributed by atoms with van der Waals surface area (Å²) in [5.41, 5.74) is 1.43. The second kappa shape index (κ2) is 3.16. The topological polar surface area (TPSA) is 20.2 Å². The molecule has 0 fully saturated rings. The fourth-order valence-corrected chi connectivity index (χ4v) is 1.12. The molecule has 0 radical (unpaired) electrons. The molecule has 60 valence electrons. The van der Waals surface area contributed by atoms with Crippen LogP contribution in [0.25, 0.3) is 0 Å². The Labute approximate surface area is 83.0 Å². The SMILES string of the molecule is [Li][c]1cc(C(C)(C)C)ccc1O. The van der Waals surface area contributed by atoms with Gasteiger partial charge in [0.2, 0.25) is 0 Å². The van der Waals surface area contributed by atoms with Gasteiger partial charge in [0.1, 0.15) is 0 Å². The molecule has 0 saturated carbocycles. The van der Waals surface area contributed by atoms with E-state index in [2.05, 4.69) is 20.8 Å². The molecule has 1 aromatic rings. The quantitative estimate of drug-likeness (QED) is 0.564. The normalized spacial score (nSPS) is 11.8. The van der Waals surface area contributed by atoms with Crippen molar-refractivity contribution in [3.05, 3.63) is 23.8 Å². The van der Waals surface area contributed by atoms with Crippen molar-refractivity contribution in [2.75, 3.05) is 0 Å². The van der Waals surface area contributed by atoms with Crippen molar-refractivity contribution in [2.24, 2.45) is 0 Å². The third-order valence-corrected chi connectivity index (χ3v) is 2.06. The summed E-state index contributed by atoms with van der Waals surface area (Å²) in [4.78, 5) is 0. The van der Waals surface area contributed by atoms with E-state index < -0.39 is 0 Å². The van der Waals surface area contributed by atoms with Gasteiger partial charge in [-0.3, -0.25) is 0 Å². The number of hydrogen-bond acceptors (Lipinski definition) is 1. The van der Waals surface area contributed by atoms with E-state index in [-0.39, 0.29) is 5.41 Å². The van der Waals surface area contributed by atoms with E-state index in [0.29, 0.717) is 5.75 Å².